The van der Waals surface area contributed by atoms with Crippen LogP contribution < -0.4 is 10.0 Å². The lowest BCUT2D eigenvalue weighted by molar-refractivity contribution is 0.00520. The van der Waals surface area contributed by atoms with Gasteiger partial charge in [0.05, 0.1) is 19.0 Å². The predicted octanol–water partition coefficient (Wildman–Crippen LogP) is 2.96. The molecule has 2 atom stereocenters. The lowest BCUT2D eigenvalue weighted by Crippen LogP contribution is -2.55. The van der Waals surface area contributed by atoms with E-state index in [1.165, 1.54) is 30.2 Å². The van der Waals surface area contributed by atoms with E-state index in [4.69, 9.17) is 4.74 Å². The van der Waals surface area contributed by atoms with Gasteiger partial charge in [-0.1, -0.05) is 31.2 Å². The van der Waals surface area contributed by atoms with Crippen molar-refractivity contribution in [2.45, 2.75) is 76.0 Å². The van der Waals surface area contributed by atoms with Crippen LogP contribution in [0.4, 0.5) is 0 Å². The second-order valence-corrected chi connectivity index (χ2v) is 9.84. The molecule has 1 saturated heterocycles. The second-order valence-electron chi connectivity index (χ2n) is 8.06. The van der Waals surface area contributed by atoms with E-state index >= 15 is 0 Å². The summed E-state index contributed by atoms with van der Waals surface area (Å²) in [6.07, 6.45) is 8.98. The third-order valence-electron chi connectivity index (χ3n) is 6.01. The molecule has 0 unspecified atom stereocenters. The van der Waals surface area contributed by atoms with E-state index in [9.17, 15) is 8.42 Å². The summed E-state index contributed by atoms with van der Waals surface area (Å²) in [4.78, 5) is 0. The molecule has 0 aromatic heterocycles. The van der Waals surface area contributed by atoms with Crippen LogP contribution in [0, 0.1) is 0 Å². The fraction of sp³-hybridized carbons (Fsp3) is 0.714. The SMILES string of the molecule is CCc1ccccc1[C@H]1CC[C@@H](OC[C@@H]2NCCC[C@@H]2NS(C)(=O)=O)CC1. The topological polar surface area (TPSA) is 67.4 Å². The highest BCUT2D eigenvalue weighted by Crippen LogP contribution is 2.35. The third kappa shape index (κ3) is 6.01. The van der Waals surface area contributed by atoms with Gasteiger partial charge in [-0.3, -0.25) is 0 Å². The van der Waals surface area contributed by atoms with Crippen LogP contribution in [-0.2, 0) is 21.2 Å². The van der Waals surface area contributed by atoms with Gasteiger partial charge in [-0.05, 0) is 68.5 Å². The lowest BCUT2D eigenvalue weighted by atomic mass is 9.80. The Hall–Kier alpha value is -0.950. The van der Waals surface area contributed by atoms with E-state index in [2.05, 4.69) is 41.2 Å². The number of benzene rings is 1. The van der Waals surface area contributed by atoms with Crippen molar-refractivity contribution in [1.29, 1.82) is 0 Å². The molecule has 0 bridgehead atoms. The Morgan fingerprint density at radius 2 is 1.89 bits per heavy atom. The molecular formula is C21H34N2O3S. The van der Waals surface area contributed by atoms with Crippen molar-refractivity contribution in [3.05, 3.63) is 35.4 Å². The minimum atomic E-state index is -3.19. The van der Waals surface area contributed by atoms with Gasteiger partial charge < -0.3 is 10.1 Å². The standard InChI is InChI=1S/C21H34N2O3S/c1-3-16-7-4-5-8-19(16)17-10-12-18(13-11-17)26-15-21-20(9-6-14-22-21)23-27(2,24)25/h4-5,7-8,17-18,20-23H,3,6,9-15H2,1-2H3/t17-,18+,20-,21-/m0/s1. The van der Waals surface area contributed by atoms with Crippen molar-refractivity contribution >= 4 is 10.0 Å². The largest absolute Gasteiger partial charge is 0.377 e. The summed E-state index contributed by atoms with van der Waals surface area (Å²) < 4.78 is 32.2. The summed E-state index contributed by atoms with van der Waals surface area (Å²) in [5, 5.41) is 3.43. The molecule has 2 aliphatic rings. The van der Waals surface area contributed by atoms with Crippen molar-refractivity contribution in [3.8, 4) is 0 Å². The molecule has 1 aromatic carbocycles. The van der Waals surface area contributed by atoms with Gasteiger partial charge in [0.25, 0.3) is 0 Å². The Morgan fingerprint density at radius 3 is 2.59 bits per heavy atom. The van der Waals surface area contributed by atoms with Gasteiger partial charge in [0, 0.05) is 12.1 Å². The van der Waals surface area contributed by atoms with E-state index in [-0.39, 0.29) is 18.2 Å². The zero-order chi connectivity index (χ0) is 19.3. The zero-order valence-electron chi connectivity index (χ0n) is 16.6. The Balaban J connectivity index is 1.49. The average molecular weight is 395 g/mol. The van der Waals surface area contributed by atoms with E-state index in [0.717, 1.165) is 38.6 Å². The second kappa shape index (κ2) is 9.50. The van der Waals surface area contributed by atoms with Crippen LogP contribution >= 0.6 is 0 Å². The van der Waals surface area contributed by atoms with Gasteiger partial charge in [-0.15, -0.1) is 0 Å². The molecule has 6 heteroatoms. The quantitative estimate of drug-likeness (QED) is 0.746. The van der Waals surface area contributed by atoms with Gasteiger partial charge in [-0.25, -0.2) is 13.1 Å². The molecule has 5 nitrogen and oxygen atoms in total. The predicted molar refractivity (Wildman–Crippen MR) is 110 cm³/mol. The first-order chi connectivity index (χ1) is 13.0. The molecule has 0 spiro atoms. The van der Waals surface area contributed by atoms with E-state index in [1.54, 1.807) is 0 Å². The molecule has 27 heavy (non-hydrogen) atoms. The number of piperidine rings is 1. The van der Waals surface area contributed by atoms with Crippen LogP contribution in [0.2, 0.25) is 0 Å². The molecular weight excluding hydrogens is 360 g/mol. The van der Waals surface area contributed by atoms with E-state index in [1.807, 2.05) is 0 Å². The van der Waals surface area contributed by atoms with Crippen molar-refractivity contribution in [3.63, 3.8) is 0 Å². The van der Waals surface area contributed by atoms with Crippen molar-refractivity contribution in [2.75, 3.05) is 19.4 Å². The van der Waals surface area contributed by atoms with Crippen LogP contribution in [0.3, 0.4) is 0 Å². The summed E-state index contributed by atoms with van der Waals surface area (Å²) >= 11 is 0. The van der Waals surface area contributed by atoms with Crippen molar-refractivity contribution < 1.29 is 13.2 Å². The number of hydrogen-bond donors (Lipinski definition) is 2. The summed E-state index contributed by atoms with van der Waals surface area (Å²) in [5.41, 5.74) is 2.99. The minimum absolute atomic E-state index is 0.0621. The number of nitrogens with one attached hydrogen (secondary N) is 2. The minimum Gasteiger partial charge on any atom is -0.377 e. The highest BCUT2D eigenvalue weighted by Gasteiger charge is 2.29. The highest BCUT2D eigenvalue weighted by molar-refractivity contribution is 7.88. The molecule has 3 rings (SSSR count). The average Bonchev–Trinajstić information content (AvgIpc) is 2.66. The summed E-state index contributed by atoms with van der Waals surface area (Å²) in [6.45, 7) is 3.73. The first-order valence-electron chi connectivity index (χ1n) is 10.4. The Kier molecular flexibility index (Phi) is 7.31. The molecule has 0 amide bonds. The van der Waals surface area contributed by atoms with E-state index < -0.39 is 10.0 Å². The van der Waals surface area contributed by atoms with Gasteiger partial charge in [0.2, 0.25) is 10.0 Å². The van der Waals surface area contributed by atoms with Crippen molar-refractivity contribution in [1.82, 2.24) is 10.0 Å². The molecule has 2 fully saturated rings. The molecule has 2 N–H and O–H groups in total. The monoisotopic (exact) mass is 394 g/mol. The molecule has 152 valence electrons. The molecule has 1 saturated carbocycles. The van der Waals surface area contributed by atoms with Crippen LogP contribution in [0.1, 0.15) is 62.5 Å². The molecule has 0 radical (unpaired) electrons. The highest BCUT2D eigenvalue weighted by atomic mass is 32.2. The number of ether oxygens (including phenoxy) is 1. The van der Waals surface area contributed by atoms with Crippen LogP contribution in [0.15, 0.2) is 24.3 Å². The Labute approximate surface area is 164 Å². The van der Waals surface area contributed by atoms with Gasteiger partial charge in [0.1, 0.15) is 0 Å². The molecule has 1 aromatic rings. The number of rotatable bonds is 7. The molecule has 1 heterocycles. The van der Waals surface area contributed by atoms with Gasteiger partial charge in [-0.2, -0.15) is 0 Å². The van der Waals surface area contributed by atoms with Crippen LogP contribution in [-0.4, -0.2) is 46.0 Å². The lowest BCUT2D eigenvalue weighted by Gasteiger charge is -2.35. The van der Waals surface area contributed by atoms with Crippen LogP contribution in [0.25, 0.3) is 0 Å². The number of hydrogen-bond acceptors (Lipinski definition) is 4. The van der Waals surface area contributed by atoms with Gasteiger partial charge >= 0.3 is 0 Å². The maximum atomic E-state index is 11.6. The molecule has 1 aliphatic heterocycles. The van der Waals surface area contributed by atoms with Gasteiger partial charge in [0.15, 0.2) is 0 Å². The Morgan fingerprint density at radius 1 is 1.15 bits per heavy atom. The maximum absolute atomic E-state index is 11.6. The fourth-order valence-electron chi connectivity index (χ4n) is 4.58. The normalized spacial score (nSPS) is 29.6. The zero-order valence-corrected chi connectivity index (χ0v) is 17.4. The van der Waals surface area contributed by atoms with Crippen LogP contribution in [0.5, 0.6) is 0 Å². The maximum Gasteiger partial charge on any atom is 0.209 e. The number of aryl methyl sites for hydroxylation is 1. The summed E-state index contributed by atoms with van der Waals surface area (Å²) in [5.74, 6) is 0.647. The van der Waals surface area contributed by atoms with Crippen molar-refractivity contribution in [2.24, 2.45) is 0 Å². The summed E-state index contributed by atoms with van der Waals surface area (Å²) in [6, 6.07) is 8.82. The molecule has 1 aliphatic carbocycles. The van der Waals surface area contributed by atoms with E-state index in [0.29, 0.717) is 12.5 Å². The smallest absolute Gasteiger partial charge is 0.209 e. The fourth-order valence-corrected chi connectivity index (χ4v) is 5.41. The first kappa shape index (κ1) is 20.8. The summed E-state index contributed by atoms with van der Waals surface area (Å²) in [7, 11) is -3.19. The first-order valence-corrected chi connectivity index (χ1v) is 12.3. The Bertz CT molecular complexity index is 699. The number of sulfonamides is 1. The third-order valence-corrected chi connectivity index (χ3v) is 6.74.